The fourth-order valence-electron chi connectivity index (χ4n) is 5.92. The van der Waals surface area contributed by atoms with Gasteiger partial charge in [-0.15, -0.1) is 0 Å². The number of carbonyl (C=O) groups is 2. The van der Waals surface area contributed by atoms with Gasteiger partial charge in [-0.05, 0) is 79.4 Å². The highest BCUT2D eigenvalue weighted by Crippen LogP contribution is 2.34. The second-order valence-corrected chi connectivity index (χ2v) is 14.8. The van der Waals surface area contributed by atoms with Crippen molar-refractivity contribution >= 4 is 35.1 Å². The Morgan fingerprint density at radius 3 is 1.51 bits per heavy atom. The van der Waals surface area contributed by atoms with Gasteiger partial charge in [0.25, 0.3) is 22.5 Å². The standard InChI is InChI=1S/C24H25N3O6.C19H17N3O4.C2HF3O.2CH4/c1-24(2,3)33-23(29)25-18-10-11-26(22(28)14-18)15-16-8-9-21(32-4)20(12-16)17-6-5-7-19(13-17)27(30)31;1-26-18-6-5-13(12-21-8-7-15(20)11-19(21)23)9-17(18)14-3-2-4-16(10-14)22(24)25;3-2(4,5)1-6;;/h5-14H,15H2,1-4H3,(H,25,29);2-11H,12,20H2,1H3;1H;2*1H4. The molecule has 0 saturated carbocycles. The van der Waals surface area contributed by atoms with E-state index in [1.807, 2.05) is 24.3 Å². The Hall–Kier alpha value is -8.29. The lowest BCUT2D eigenvalue weighted by atomic mass is 10.0. The summed E-state index contributed by atoms with van der Waals surface area (Å²) in [6, 6.07) is 29.5. The number of carbonyl (C=O) groups excluding carboxylic acids is 2. The second-order valence-electron chi connectivity index (χ2n) is 14.8. The van der Waals surface area contributed by atoms with Crippen molar-refractivity contribution in [2.75, 3.05) is 25.3 Å². The summed E-state index contributed by atoms with van der Waals surface area (Å²) in [5.74, 6) is 1.16. The van der Waals surface area contributed by atoms with Gasteiger partial charge in [0, 0.05) is 65.6 Å². The van der Waals surface area contributed by atoms with Gasteiger partial charge < -0.3 is 29.1 Å². The third-order valence-electron chi connectivity index (χ3n) is 8.76. The number of alkyl halides is 3. The zero-order valence-electron chi connectivity index (χ0n) is 35.5. The summed E-state index contributed by atoms with van der Waals surface area (Å²) in [7, 11) is 3.07. The first-order chi connectivity index (χ1) is 30.6. The molecule has 0 aliphatic carbocycles. The van der Waals surface area contributed by atoms with Crippen molar-refractivity contribution in [2.45, 2.75) is 60.5 Å². The zero-order valence-corrected chi connectivity index (χ0v) is 35.5. The summed E-state index contributed by atoms with van der Waals surface area (Å²) in [6.07, 6.45) is -3.13. The second kappa shape index (κ2) is 24.1. The van der Waals surface area contributed by atoms with Crippen LogP contribution in [0.15, 0.2) is 131 Å². The van der Waals surface area contributed by atoms with Gasteiger partial charge in [-0.1, -0.05) is 51.3 Å². The molecule has 0 fully saturated rings. The van der Waals surface area contributed by atoms with E-state index in [-0.39, 0.29) is 43.9 Å². The first-order valence-electron chi connectivity index (χ1n) is 19.1. The number of methoxy groups -OCH3 is 2. The summed E-state index contributed by atoms with van der Waals surface area (Å²) < 4.78 is 50.3. The predicted molar refractivity (Wildman–Crippen MR) is 250 cm³/mol. The minimum atomic E-state index is -4.64. The van der Waals surface area contributed by atoms with E-state index < -0.39 is 34.0 Å². The number of nitrogens with one attached hydrogen (secondary N) is 1. The van der Waals surface area contributed by atoms with Crippen LogP contribution in [-0.2, 0) is 22.6 Å². The smallest absolute Gasteiger partial charge is 0.446 e. The Bertz CT molecular complexity index is 2800. The molecule has 0 spiro atoms. The molecule has 67 heavy (non-hydrogen) atoms. The van der Waals surface area contributed by atoms with Crippen molar-refractivity contribution in [3.8, 4) is 33.8 Å². The Morgan fingerprint density at radius 1 is 0.701 bits per heavy atom. The molecule has 0 aliphatic heterocycles. The van der Waals surface area contributed by atoms with Crippen molar-refractivity contribution in [3.05, 3.63) is 174 Å². The molecule has 0 radical (unpaired) electrons. The van der Waals surface area contributed by atoms with Gasteiger partial charge in [-0.3, -0.25) is 39.9 Å². The highest BCUT2D eigenvalue weighted by atomic mass is 19.4. The molecule has 0 aliphatic rings. The van der Waals surface area contributed by atoms with E-state index >= 15 is 0 Å². The fraction of sp³-hybridized carbons (Fsp3) is 0.234. The summed E-state index contributed by atoms with van der Waals surface area (Å²) >= 11 is 0. The molecule has 1 amide bonds. The molecule has 2 aromatic heterocycles. The van der Waals surface area contributed by atoms with Crippen molar-refractivity contribution < 1.29 is 46.8 Å². The number of non-ortho nitro benzene ring substituents is 2. The number of aldehydes is 1. The van der Waals surface area contributed by atoms with Crippen molar-refractivity contribution in [2.24, 2.45) is 0 Å². The van der Waals surface area contributed by atoms with E-state index in [1.165, 1.54) is 52.6 Å². The maximum atomic E-state index is 12.6. The van der Waals surface area contributed by atoms with E-state index in [0.29, 0.717) is 46.1 Å². The van der Waals surface area contributed by atoms with Gasteiger partial charge in [0.15, 0.2) is 0 Å². The minimum absolute atomic E-state index is 0. The number of benzene rings is 4. The summed E-state index contributed by atoms with van der Waals surface area (Å²) in [5, 5.41) is 24.7. The summed E-state index contributed by atoms with van der Waals surface area (Å²) in [6.45, 7) is 5.87. The number of hydrogen-bond acceptors (Lipinski definition) is 12. The number of hydrogen-bond donors (Lipinski definition) is 2. The Kier molecular flexibility index (Phi) is 19.7. The van der Waals surface area contributed by atoms with Gasteiger partial charge in [-0.25, -0.2) is 4.79 Å². The lowest BCUT2D eigenvalue weighted by Crippen LogP contribution is -2.28. The molecular formula is C47H51F3N6O11. The van der Waals surface area contributed by atoms with Gasteiger partial charge in [0.2, 0.25) is 6.29 Å². The SMILES string of the molecule is C.C.COc1ccc(Cn2ccc(N)cc2=O)cc1-c1cccc([N+](=O)[O-])c1.COc1ccc(Cn2ccc(NC(=O)OC(C)(C)C)cc2=O)cc1-c1cccc([N+](=O)[O-])c1.O=CC(F)(F)F. The van der Waals surface area contributed by atoms with Crippen LogP contribution in [0.25, 0.3) is 22.3 Å². The molecule has 4 aromatic carbocycles. The molecule has 0 unspecified atom stereocenters. The number of aromatic nitrogens is 2. The zero-order chi connectivity index (χ0) is 48.1. The maximum Gasteiger partial charge on any atom is 0.446 e. The van der Waals surface area contributed by atoms with E-state index in [9.17, 15) is 47.8 Å². The number of pyridine rings is 2. The molecule has 17 nitrogen and oxygen atoms in total. The molecule has 6 rings (SSSR count). The van der Waals surface area contributed by atoms with E-state index in [4.69, 9.17) is 24.7 Å². The average molecular weight is 933 g/mol. The largest absolute Gasteiger partial charge is 0.496 e. The van der Waals surface area contributed by atoms with E-state index in [0.717, 1.165) is 16.7 Å². The molecule has 20 heteroatoms. The van der Waals surface area contributed by atoms with Crippen LogP contribution in [0.1, 0.15) is 46.8 Å². The van der Waals surface area contributed by atoms with Gasteiger partial charge in [0.05, 0.1) is 42.8 Å². The molecule has 3 N–H and O–H groups in total. The van der Waals surface area contributed by atoms with Crippen LogP contribution in [0.5, 0.6) is 11.5 Å². The quantitative estimate of drug-likeness (QED) is 0.0702. The van der Waals surface area contributed by atoms with E-state index in [1.54, 1.807) is 88.8 Å². The molecule has 2 heterocycles. The van der Waals surface area contributed by atoms with Crippen LogP contribution in [0.4, 0.5) is 40.7 Å². The number of halogens is 3. The van der Waals surface area contributed by atoms with Crippen molar-refractivity contribution in [3.63, 3.8) is 0 Å². The lowest BCUT2D eigenvalue weighted by Gasteiger charge is -2.19. The monoisotopic (exact) mass is 932 g/mol. The highest BCUT2D eigenvalue weighted by Gasteiger charge is 2.25. The summed E-state index contributed by atoms with van der Waals surface area (Å²) in [5.41, 5.74) is 9.54. The Balaban J connectivity index is 0.000000407. The normalized spacial score (nSPS) is 10.5. The number of rotatable bonds is 11. The number of nitrogens with zero attached hydrogens (tertiary/aromatic N) is 4. The number of nitrogen functional groups attached to an aromatic ring is 1. The number of anilines is 2. The first-order valence-corrected chi connectivity index (χ1v) is 19.1. The number of ether oxygens (including phenoxy) is 3. The van der Waals surface area contributed by atoms with E-state index in [2.05, 4.69) is 5.32 Å². The number of nitro groups is 2. The third-order valence-corrected chi connectivity index (χ3v) is 8.76. The summed E-state index contributed by atoms with van der Waals surface area (Å²) in [4.78, 5) is 66.5. The minimum Gasteiger partial charge on any atom is -0.496 e. The van der Waals surface area contributed by atoms with Gasteiger partial charge in [0.1, 0.15) is 17.1 Å². The maximum absolute atomic E-state index is 12.6. The van der Waals surface area contributed by atoms with Crippen molar-refractivity contribution in [1.82, 2.24) is 9.13 Å². The van der Waals surface area contributed by atoms with Crippen LogP contribution < -0.4 is 31.6 Å². The molecule has 0 saturated heterocycles. The average Bonchev–Trinajstić information content (AvgIpc) is 3.25. The third kappa shape index (κ3) is 16.7. The molecule has 6 aromatic rings. The Morgan fingerprint density at radius 2 is 1.13 bits per heavy atom. The van der Waals surface area contributed by atoms with Crippen LogP contribution >= 0.6 is 0 Å². The molecule has 0 atom stereocenters. The van der Waals surface area contributed by atoms with Gasteiger partial charge >= 0.3 is 12.3 Å². The van der Waals surface area contributed by atoms with Crippen LogP contribution in [0.2, 0.25) is 0 Å². The predicted octanol–water partition coefficient (Wildman–Crippen LogP) is 9.91. The fourth-order valence-corrected chi connectivity index (χ4v) is 5.92. The first kappa shape index (κ1) is 54.8. The topological polar surface area (TPSA) is 230 Å². The van der Waals surface area contributed by atoms with Gasteiger partial charge in [-0.2, -0.15) is 13.2 Å². The van der Waals surface area contributed by atoms with Crippen LogP contribution in [0.3, 0.4) is 0 Å². The molecular weight excluding hydrogens is 882 g/mol. The van der Waals surface area contributed by atoms with Crippen LogP contribution in [-0.4, -0.2) is 57.4 Å². The molecule has 0 bridgehead atoms. The number of nitrogens with two attached hydrogens (primary N) is 1. The lowest BCUT2D eigenvalue weighted by molar-refractivity contribution is -0.385. The Labute approximate surface area is 383 Å². The van der Waals surface area contributed by atoms with Crippen molar-refractivity contribution in [1.29, 1.82) is 0 Å². The highest BCUT2D eigenvalue weighted by molar-refractivity contribution is 5.84. The number of amides is 1. The molecule has 356 valence electrons. The van der Waals surface area contributed by atoms with Crippen LogP contribution in [0, 0.1) is 20.2 Å². The number of nitro benzene ring substituents is 2.